The zero-order valence-electron chi connectivity index (χ0n) is 10.7. The number of esters is 1. The number of carbonyl (C=O) groups is 2. The summed E-state index contributed by atoms with van der Waals surface area (Å²) in [6, 6.07) is -0.651. The van der Waals surface area contributed by atoms with Crippen LogP contribution in [0.3, 0.4) is 0 Å². The van der Waals surface area contributed by atoms with Gasteiger partial charge in [0.1, 0.15) is 12.7 Å². The first-order valence-corrected chi connectivity index (χ1v) is 6.00. The van der Waals surface area contributed by atoms with Crippen molar-refractivity contribution < 1.29 is 19.1 Å². The molecule has 1 aromatic heterocycles. The monoisotopic (exact) mass is 268 g/mol. The van der Waals surface area contributed by atoms with E-state index in [1.165, 1.54) is 18.3 Å². The Bertz CT molecular complexity index is 434. The second-order valence-corrected chi connectivity index (χ2v) is 4.11. The molecule has 1 aliphatic rings. The van der Waals surface area contributed by atoms with Gasteiger partial charge in [-0.2, -0.15) is 5.10 Å². The van der Waals surface area contributed by atoms with Gasteiger partial charge in [0.05, 0.1) is 26.9 Å². The fraction of sp³-hybridized carbons (Fsp3) is 0.636. The molecule has 1 fully saturated rings. The maximum atomic E-state index is 12.1. The van der Waals surface area contributed by atoms with Crippen molar-refractivity contribution in [3.63, 3.8) is 0 Å². The van der Waals surface area contributed by atoms with Crippen LogP contribution in [0.4, 0.5) is 0 Å². The van der Waals surface area contributed by atoms with Crippen LogP contribution in [0, 0.1) is 0 Å². The van der Waals surface area contributed by atoms with Crippen LogP contribution in [0.25, 0.3) is 0 Å². The summed E-state index contributed by atoms with van der Waals surface area (Å²) < 4.78 is 11.5. The highest BCUT2D eigenvalue weighted by molar-refractivity contribution is 5.84. The third-order valence-electron chi connectivity index (χ3n) is 2.94. The highest BCUT2D eigenvalue weighted by atomic mass is 16.5. The molecule has 0 N–H and O–H groups in total. The van der Waals surface area contributed by atoms with Gasteiger partial charge >= 0.3 is 5.97 Å². The lowest BCUT2D eigenvalue weighted by Crippen LogP contribution is -2.53. The van der Waals surface area contributed by atoms with E-state index in [0.717, 1.165) is 0 Å². The summed E-state index contributed by atoms with van der Waals surface area (Å²) in [5, 5.41) is 3.92. The number of aromatic nitrogens is 3. The average Bonchev–Trinajstić information content (AvgIpc) is 2.97. The number of rotatable bonds is 4. The molecule has 1 atom stereocenters. The molecule has 2 heterocycles. The molecular weight excluding hydrogens is 252 g/mol. The molecule has 1 saturated heterocycles. The van der Waals surface area contributed by atoms with Crippen molar-refractivity contribution >= 4 is 11.9 Å². The largest absolute Gasteiger partial charge is 0.467 e. The third-order valence-corrected chi connectivity index (χ3v) is 2.94. The van der Waals surface area contributed by atoms with Crippen molar-refractivity contribution in [2.75, 3.05) is 26.9 Å². The molecule has 1 aromatic rings. The van der Waals surface area contributed by atoms with E-state index in [2.05, 4.69) is 14.8 Å². The van der Waals surface area contributed by atoms with Crippen molar-refractivity contribution in [2.45, 2.75) is 19.0 Å². The lowest BCUT2D eigenvalue weighted by Gasteiger charge is -2.33. The van der Waals surface area contributed by atoms with Gasteiger partial charge in [0, 0.05) is 13.0 Å². The van der Waals surface area contributed by atoms with E-state index in [4.69, 9.17) is 4.74 Å². The van der Waals surface area contributed by atoms with Gasteiger partial charge in [-0.15, -0.1) is 0 Å². The molecule has 104 valence electrons. The first-order valence-electron chi connectivity index (χ1n) is 6.00. The summed E-state index contributed by atoms with van der Waals surface area (Å²) in [7, 11) is 1.30. The highest BCUT2D eigenvalue weighted by Gasteiger charge is 2.33. The number of morpholine rings is 1. The Balaban J connectivity index is 1.93. The van der Waals surface area contributed by atoms with Crippen LogP contribution in [-0.4, -0.2) is 64.5 Å². The molecule has 0 saturated carbocycles. The van der Waals surface area contributed by atoms with E-state index >= 15 is 0 Å². The Kier molecular flexibility index (Phi) is 4.45. The zero-order valence-corrected chi connectivity index (χ0v) is 10.7. The van der Waals surface area contributed by atoms with Gasteiger partial charge in [0.2, 0.25) is 5.91 Å². The molecule has 19 heavy (non-hydrogen) atoms. The van der Waals surface area contributed by atoms with Crippen molar-refractivity contribution in [1.82, 2.24) is 19.7 Å². The summed E-state index contributed by atoms with van der Waals surface area (Å²) in [5.74, 6) is -0.567. The molecule has 1 unspecified atom stereocenters. The Morgan fingerprint density at radius 2 is 2.37 bits per heavy atom. The summed E-state index contributed by atoms with van der Waals surface area (Å²) in [6.45, 7) is 1.45. The lowest BCUT2D eigenvalue weighted by molar-refractivity contribution is -0.160. The standard InChI is InChI=1S/C11H16N4O4/c1-18-11(17)9-6-19-5-4-15(9)10(16)2-3-14-8-12-7-13-14/h7-9H,2-6H2,1H3. The van der Waals surface area contributed by atoms with Gasteiger partial charge in [-0.05, 0) is 0 Å². The molecular formula is C11H16N4O4. The van der Waals surface area contributed by atoms with Crippen LogP contribution in [0.15, 0.2) is 12.7 Å². The summed E-state index contributed by atoms with van der Waals surface area (Å²) in [4.78, 5) is 29.0. The Morgan fingerprint density at radius 3 is 3.05 bits per heavy atom. The van der Waals surface area contributed by atoms with Crippen LogP contribution in [-0.2, 0) is 25.6 Å². The number of ether oxygens (including phenoxy) is 2. The van der Waals surface area contributed by atoms with Crippen LogP contribution < -0.4 is 0 Å². The van der Waals surface area contributed by atoms with E-state index in [1.54, 1.807) is 11.0 Å². The van der Waals surface area contributed by atoms with E-state index in [9.17, 15) is 9.59 Å². The third kappa shape index (κ3) is 3.28. The number of methoxy groups -OCH3 is 1. The topological polar surface area (TPSA) is 86.5 Å². The molecule has 0 aliphatic carbocycles. The van der Waals surface area contributed by atoms with E-state index in [1.807, 2.05) is 0 Å². The summed E-state index contributed by atoms with van der Waals surface area (Å²) in [6.07, 6.45) is 3.22. The SMILES string of the molecule is COC(=O)C1COCCN1C(=O)CCn1cncn1. The van der Waals surface area contributed by atoms with Crippen molar-refractivity contribution in [3.8, 4) is 0 Å². The number of carbonyl (C=O) groups excluding carboxylic acids is 2. The molecule has 0 radical (unpaired) electrons. The summed E-state index contributed by atoms with van der Waals surface area (Å²) >= 11 is 0. The zero-order chi connectivity index (χ0) is 13.7. The van der Waals surface area contributed by atoms with Crippen LogP contribution in [0.1, 0.15) is 6.42 Å². The predicted molar refractivity (Wildman–Crippen MR) is 63.0 cm³/mol. The maximum absolute atomic E-state index is 12.1. The molecule has 0 bridgehead atoms. The molecule has 8 heteroatoms. The average molecular weight is 268 g/mol. The number of aryl methyl sites for hydroxylation is 1. The smallest absolute Gasteiger partial charge is 0.331 e. The molecule has 0 aromatic carbocycles. The maximum Gasteiger partial charge on any atom is 0.331 e. The number of hydrogen-bond acceptors (Lipinski definition) is 6. The second-order valence-electron chi connectivity index (χ2n) is 4.11. The van der Waals surface area contributed by atoms with Crippen molar-refractivity contribution in [2.24, 2.45) is 0 Å². The fourth-order valence-corrected chi connectivity index (χ4v) is 1.94. The Hall–Kier alpha value is -1.96. The van der Waals surface area contributed by atoms with E-state index in [0.29, 0.717) is 19.7 Å². The number of amides is 1. The van der Waals surface area contributed by atoms with Gasteiger partial charge in [0.25, 0.3) is 0 Å². The predicted octanol–water partition coefficient (Wildman–Crippen LogP) is -0.931. The lowest BCUT2D eigenvalue weighted by atomic mass is 10.2. The first kappa shape index (κ1) is 13.5. The minimum Gasteiger partial charge on any atom is -0.467 e. The van der Waals surface area contributed by atoms with Gasteiger partial charge in [-0.1, -0.05) is 0 Å². The molecule has 1 aliphatic heterocycles. The highest BCUT2D eigenvalue weighted by Crippen LogP contribution is 2.10. The molecule has 1 amide bonds. The second kappa shape index (κ2) is 6.28. The Morgan fingerprint density at radius 1 is 1.53 bits per heavy atom. The van der Waals surface area contributed by atoms with E-state index < -0.39 is 12.0 Å². The van der Waals surface area contributed by atoms with Crippen molar-refractivity contribution in [1.29, 1.82) is 0 Å². The summed E-state index contributed by atoms with van der Waals surface area (Å²) in [5.41, 5.74) is 0. The molecule has 0 spiro atoms. The minimum atomic E-state index is -0.651. The quantitative estimate of drug-likeness (QED) is 0.656. The van der Waals surface area contributed by atoms with Crippen molar-refractivity contribution in [3.05, 3.63) is 12.7 Å². The number of hydrogen-bond donors (Lipinski definition) is 0. The minimum absolute atomic E-state index is 0.116. The van der Waals surface area contributed by atoms with Crippen LogP contribution in [0.2, 0.25) is 0 Å². The molecule has 8 nitrogen and oxygen atoms in total. The van der Waals surface area contributed by atoms with Crippen LogP contribution >= 0.6 is 0 Å². The first-order chi connectivity index (χ1) is 9.22. The van der Waals surface area contributed by atoms with Gasteiger partial charge in [0.15, 0.2) is 6.04 Å². The number of nitrogens with zero attached hydrogens (tertiary/aromatic N) is 4. The van der Waals surface area contributed by atoms with Crippen LogP contribution in [0.5, 0.6) is 0 Å². The van der Waals surface area contributed by atoms with E-state index in [-0.39, 0.29) is 18.9 Å². The normalized spacial score (nSPS) is 19.2. The van der Waals surface area contributed by atoms with Gasteiger partial charge < -0.3 is 14.4 Å². The Labute approximate surface area is 110 Å². The van der Waals surface area contributed by atoms with Gasteiger partial charge in [-0.25, -0.2) is 9.78 Å². The fourth-order valence-electron chi connectivity index (χ4n) is 1.94. The molecule has 2 rings (SSSR count). The van der Waals surface area contributed by atoms with Gasteiger partial charge in [-0.3, -0.25) is 9.48 Å².